The number of aromatic nitrogens is 1. The maximum atomic E-state index is 12.4. The summed E-state index contributed by atoms with van der Waals surface area (Å²) in [4.78, 5) is 33.0. The van der Waals surface area contributed by atoms with E-state index in [4.69, 9.17) is 0 Å². The summed E-state index contributed by atoms with van der Waals surface area (Å²) in [6.45, 7) is 1.55. The lowest BCUT2D eigenvalue weighted by Gasteiger charge is -2.40. The normalized spacial score (nSPS) is 18.6. The van der Waals surface area contributed by atoms with Crippen LogP contribution in [0.25, 0.3) is 0 Å². The number of likely N-dealkylation sites (tertiary alicyclic amines) is 1. The first-order valence-electron chi connectivity index (χ1n) is 9.24. The molecule has 6 heteroatoms. The maximum Gasteiger partial charge on any atom is 0.227 e. The van der Waals surface area contributed by atoms with Gasteiger partial charge in [0.1, 0.15) is 5.82 Å². The van der Waals surface area contributed by atoms with E-state index in [9.17, 15) is 9.59 Å². The quantitative estimate of drug-likeness (QED) is 0.885. The monoisotopic (exact) mass is 344 g/mol. The van der Waals surface area contributed by atoms with Crippen LogP contribution in [0.4, 0.5) is 5.82 Å². The topological polar surface area (TPSA) is 65.5 Å². The van der Waals surface area contributed by atoms with Gasteiger partial charge in [-0.25, -0.2) is 4.98 Å². The Balaban J connectivity index is 1.43. The van der Waals surface area contributed by atoms with Crippen LogP contribution < -0.4 is 10.2 Å². The number of nitrogens with one attached hydrogen (secondary N) is 1. The molecule has 0 bridgehead atoms. The summed E-state index contributed by atoms with van der Waals surface area (Å²) >= 11 is 0. The van der Waals surface area contributed by atoms with E-state index in [1.165, 1.54) is 6.42 Å². The predicted octanol–water partition coefficient (Wildman–Crippen LogP) is 1.80. The van der Waals surface area contributed by atoms with Crippen molar-refractivity contribution in [2.24, 2.45) is 11.8 Å². The molecule has 0 unspecified atom stereocenters. The van der Waals surface area contributed by atoms with Crippen molar-refractivity contribution in [2.45, 2.75) is 38.6 Å². The second-order valence-corrected chi connectivity index (χ2v) is 7.37. The van der Waals surface area contributed by atoms with E-state index >= 15 is 0 Å². The smallest absolute Gasteiger partial charge is 0.227 e. The molecule has 3 rings (SSSR count). The third kappa shape index (κ3) is 4.30. The first-order valence-corrected chi connectivity index (χ1v) is 9.24. The number of anilines is 1. The molecule has 1 N–H and O–H groups in total. The molecule has 1 aromatic heterocycles. The van der Waals surface area contributed by atoms with Crippen molar-refractivity contribution >= 4 is 17.6 Å². The van der Waals surface area contributed by atoms with Gasteiger partial charge < -0.3 is 15.1 Å². The molecule has 1 aliphatic carbocycles. The molecule has 1 saturated heterocycles. The minimum atomic E-state index is -0.0791. The Morgan fingerprint density at radius 1 is 1.16 bits per heavy atom. The second-order valence-electron chi connectivity index (χ2n) is 7.37. The molecule has 0 atom stereocenters. The zero-order valence-corrected chi connectivity index (χ0v) is 15.2. The van der Waals surface area contributed by atoms with Gasteiger partial charge in [0.05, 0.1) is 18.2 Å². The zero-order valence-electron chi connectivity index (χ0n) is 15.2. The van der Waals surface area contributed by atoms with Crippen molar-refractivity contribution < 1.29 is 9.59 Å². The fourth-order valence-electron chi connectivity index (χ4n) is 3.57. The number of hydrogen-bond donors (Lipinski definition) is 1. The lowest BCUT2D eigenvalue weighted by atomic mass is 9.86. The highest BCUT2D eigenvalue weighted by Crippen LogP contribution is 2.28. The molecule has 0 aromatic carbocycles. The van der Waals surface area contributed by atoms with Gasteiger partial charge in [-0.1, -0.05) is 25.3 Å². The number of carbonyl (C=O) groups excluding carboxylic acids is 2. The maximum absolute atomic E-state index is 12.4. The summed E-state index contributed by atoms with van der Waals surface area (Å²) < 4.78 is 0. The number of amides is 2. The van der Waals surface area contributed by atoms with E-state index in [1.54, 1.807) is 0 Å². The Bertz CT molecular complexity index is 620. The number of nitrogens with zero attached hydrogens (tertiary/aromatic N) is 3. The predicted molar refractivity (Wildman–Crippen MR) is 97.1 cm³/mol. The Hall–Kier alpha value is -2.11. The molecule has 136 valence electrons. The van der Waals surface area contributed by atoms with Gasteiger partial charge in [0, 0.05) is 33.1 Å². The van der Waals surface area contributed by atoms with Crippen molar-refractivity contribution in [1.29, 1.82) is 0 Å². The third-order valence-electron chi connectivity index (χ3n) is 5.21. The van der Waals surface area contributed by atoms with Crippen molar-refractivity contribution in [2.75, 3.05) is 32.1 Å². The van der Waals surface area contributed by atoms with Crippen LogP contribution in [-0.4, -0.2) is 48.9 Å². The molecule has 2 heterocycles. The molecule has 25 heavy (non-hydrogen) atoms. The minimum Gasteiger partial charge on any atom is -0.363 e. The average Bonchev–Trinajstić information content (AvgIpc) is 2.59. The van der Waals surface area contributed by atoms with Gasteiger partial charge in [-0.3, -0.25) is 9.59 Å². The first-order chi connectivity index (χ1) is 12.0. The average molecular weight is 344 g/mol. The lowest BCUT2D eigenvalue weighted by Crippen LogP contribution is -2.57. The number of hydrogen-bond acceptors (Lipinski definition) is 4. The van der Waals surface area contributed by atoms with Crippen LogP contribution in [0.5, 0.6) is 0 Å². The van der Waals surface area contributed by atoms with Gasteiger partial charge in [-0.2, -0.15) is 0 Å². The van der Waals surface area contributed by atoms with E-state index in [1.807, 2.05) is 42.1 Å². The Kier molecular flexibility index (Phi) is 5.56. The second kappa shape index (κ2) is 7.85. The van der Waals surface area contributed by atoms with E-state index in [2.05, 4.69) is 10.3 Å². The van der Waals surface area contributed by atoms with Gasteiger partial charge in [0.25, 0.3) is 0 Å². The summed E-state index contributed by atoms with van der Waals surface area (Å²) in [6, 6.07) is 5.79. The lowest BCUT2D eigenvalue weighted by molar-refractivity contribution is -0.147. The molecule has 2 fully saturated rings. The highest BCUT2D eigenvalue weighted by molar-refractivity contribution is 5.85. The highest BCUT2D eigenvalue weighted by Gasteiger charge is 2.38. The van der Waals surface area contributed by atoms with Crippen LogP contribution >= 0.6 is 0 Å². The minimum absolute atomic E-state index is 0.0183. The summed E-state index contributed by atoms with van der Waals surface area (Å²) in [6.07, 6.45) is 5.60. The largest absolute Gasteiger partial charge is 0.363 e. The zero-order chi connectivity index (χ0) is 17.8. The molecule has 2 amide bonds. The van der Waals surface area contributed by atoms with E-state index < -0.39 is 0 Å². The molecular weight excluding hydrogens is 316 g/mol. The van der Waals surface area contributed by atoms with E-state index in [-0.39, 0.29) is 23.7 Å². The van der Waals surface area contributed by atoms with Crippen molar-refractivity contribution in [3.8, 4) is 0 Å². The number of carbonyl (C=O) groups is 2. The van der Waals surface area contributed by atoms with Crippen LogP contribution in [-0.2, 0) is 16.1 Å². The molecule has 1 aliphatic heterocycles. The fraction of sp³-hybridized carbons (Fsp3) is 0.632. The van der Waals surface area contributed by atoms with Crippen LogP contribution in [0.2, 0.25) is 0 Å². The van der Waals surface area contributed by atoms with Gasteiger partial charge in [-0.05, 0) is 25.0 Å². The molecule has 6 nitrogen and oxygen atoms in total. The molecule has 0 radical (unpaired) electrons. The summed E-state index contributed by atoms with van der Waals surface area (Å²) in [5.41, 5.74) is 0.842. The van der Waals surface area contributed by atoms with Gasteiger partial charge in [0.2, 0.25) is 11.8 Å². The summed E-state index contributed by atoms with van der Waals surface area (Å²) in [5.74, 6) is 1.26. The van der Waals surface area contributed by atoms with Crippen molar-refractivity contribution in [1.82, 2.24) is 15.2 Å². The van der Waals surface area contributed by atoms with Crippen LogP contribution in [0.1, 0.15) is 37.8 Å². The SMILES string of the molecule is CN(C)c1cccc(CNC(=O)C2CN(C(=O)C3CCCCC3)C2)n1. The number of pyridine rings is 1. The van der Waals surface area contributed by atoms with Gasteiger partial charge in [-0.15, -0.1) is 0 Å². The Morgan fingerprint density at radius 2 is 1.88 bits per heavy atom. The molecule has 1 aromatic rings. The molecular formula is C19H28N4O2. The van der Waals surface area contributed by atoms with Crippen LogP contribution in [0, 0.1) is 11.8 Å². The first kappa shape index (κ1) is 17.7. The van der Waals surface area contributed by atoms with E-state index in [0.717, 1.165) is 37.2 Å². The molecule has 0 spiro atoms. The fourth-order valence-corrected chi connectivity index (χ4v) is 3.57. The molecule has 1 saturated carbocycles. The third-order valence-corrected chi connectivity index (χ3v) is 5.21. The Morgan fingerprint density at radius 3 is 2.56 bits per heavy atom. The van der Waals surface area contributed by atoms with Gasteiger partial charge in [0.15, 0.2) is 0 Å². The standard InChI is InChI=1S/C19H28N4O2/c1-22(2)17-10-6-9-16(21-17)11-20-18(24)15-12-23(13-15)19(25)14-7-4-3-5-8-14/h6,9-10,14-15H,3-5,7-8,11-13H2,1-2H3,(H,20,24). The van der Waals surface area contributed by atoms with Crippen LogP contribution in [0.15, 0.2) is 18.2 Å². The van der Waals surface area contributed by atoms with Crippen LogP contribution in [0.3, 0.4) is 0 Å². The summed E-state index contributed by atoms with van der Waals surface area (Å²) in [7, 11) is 3.88. The number of rotatable bonds is 5. The molecule has 2 aliphatic rings. The summed E-state index contributed by atoms with van der Waals surface area (Å²) in [5, 5.41) is 2.95. The van der Waals surface area contributed by atoms with Crippen molar-refractivity contribution in [3.63, 3.8) is 0 Å². The highest BCUT2D eigenvalue weighted by atomic mass is 16.2. The van der Waals surface area contributed by atoms with E-state index in [0.29, 0.717) is 19.6 Å². The Labute approximate surface area is 149 Å². The van der Waals surface area contributed by atoms with Gasteiger partial charge >= 0.3 is 0 Å². The van der Waals surface area contributed by atoms with Crippen molar-refractivity contribution in [3.05, 3.63) is 23.9 Å².